The van der Waals surface area contributed by atoms with Gasteiger partial charge in [-0.25, -0.2) is 4.90 Å². The summed E-state index contributed by atoms with van der Waals surface area (Å²) < 4.78 is 5.26. The minimum absolute atomic E-state index is 0.0764. The number of hydrogen-bond acceptors (Lipinski definition) is 4. The van der Waals surface area contributed by atoms with E-state index in [0.717, 1.165) is 0 Å². The van der Waals surface area contributed by atoms with Gasteiger partial charge >= 0.3 is 0 Å². The van der Waals surface area contributed by atoms with E-state index in [-0.39, 0.29) is 24.3 Å². The highest BCUT2D eigenvalue weighted by Gasteiger charge is 2.33. The quantitative estimate of drug-likeness (QED) is 0.657. The summed E-state index contributed by atoms with van der Waals surface area (Å²) in [6, 6.07) is 5.16. The lowest BCUT2D eigenvalue weighted by molar-refractivity contribution is -0.130. The molecule has 1 saturated heterocycles. The molecule has 1 aliphatic rings. The van der Waals surface area contributed by atoms with Crippen LogP contribution < -0.4 is 15.4 Å². The molecular weight excluding hydrogens is 268 g/mol. The first-order chi connectivity index (χ1) is 10.1. The zero-order valence-corrected chi connectivity index (χ0v) is 12.2. The van der Waals surface area contributed by atoms with Crippen LogP contribution in [0.15, 0.2) is 18.2 Å². The van der Waals surface area contributed by atoms with Gasteiger partial charge in [0.25, 0.3) is 0 Å². The molecule has 5 nitrogen and oxygen atoms in total. The monoisotopic (exact) mass is 286 g/mol. The molecule has 2 amide bonds. The van der Waals surface area contributed by atoms with Crippen molar-refractivity contribution in [3.05, 3.63) is 23.8 Å². The van der Waals surface area contributed by atoms with Crippen molar-refractivity contribution < 1.29 is 14.3 Å². The predicted molar refractivity (Wildman–Crippen MR) is 79.8 cm³/mol. The molecule has 0 spiro atoms. The first kappa shape index (κ1) is 15.1. The Balaban J connectivity index is 2.45. The summed E-state index contributed by atoms with van der Waals surface area (Å²) >= 11 is 0. The summed E-state index contributed by atoms with van der Waals surface area (Å²) in [5.74, 6) is 5.78. The van der Waals surface area contributed by atoms with Crippen LogP contribution in [-0.4, -0.2) is 25.5 Å². The highest BCUT2D eigenvalue weighted by atomic mass is 16.5. The fourth-order valence-corrected chi connectivity index (χ4v) is 2.35. The molecule has 21 heavy (non-hydrogen) atoms. The van der Waals surface area contributed by atoms with E-state index in [9.17, 15) is 9.59 Å². The number of nitrogens with two attached hydrogens (primary N) is 1. The van der Waals surface area contributed by atoms with Crippen molar-refractivity contribution in [3.63, 3.8) is 0 Å². The summed E-state index contributed by atoms with van der Waals surface area (Å²) in [7, 11) is 1.51. The van der Waals surface area contributed by atoms with Gasteiger partial charge in [0.1, 0.15) is 5.75 Å². The van der Waals surface area contributed by atoms with Crippen molar-refractivity contribution >= 4 is 17.5 Å². The van der Waals surface area contributed by atoms with Gasteiger partial charge in [-0.1, -0.05) is 18.8 Å². The number of benzene rings is 1. The second-order valence-corrected chi connectivity index (χ2v) is 5.03. The predicted octanol–water partition coefficient (Wildman–Crippen LogP) is 1.29. The molecule has 0 aliphatic carbocycles. The third-order valence-electron chi connectivity index (χ3n) is 3.30. The molecule has 1 aromatic carbocycles. The molecule has 110 valence electrons. The summed E-state index contributed by atoms with van der Waals surface area (Å²) in [5.41, 5.74) is 6.49. The van der Waals surface area contributed by atoms with Crippen LogP contribution in [0.3, 0.4) is 0 Å². The molecule has 0 unspecified atom stereocenters. The molecule has 0 atom stereocenters. The number of carbonyl (C=O) groups excluding carboxylic acids is 2. The highest BCUT2D eigenvalue weighted by Crippen LogP contribution is 2.33. The molecule has 5 heteroatoms. The number of ether oxygens (including phenoxy) is 1. The highest BCUT2D eigenvalue weighted by molar-refractivity contribution is 6.17. The Morgan fingerprint density at radius 2 is 2.00 bits per heavy atom. The summed E-state index contributed by atoms with van der Waals surface area (Å²) in [4.78, 5) is 25.6. The second-order valence-electron chi connectivity index (χ2n) is 5.03. The topological polar surface area (TPSA) is 72.6 Å². The third kappa shape index (κ3) is 3.23. The van der Waals surface area contributed by atoms with E-state index in [4.69, 9.17) is 10.5 Å². The van der Waals surface area contributed by atoms with Crippen LogP contribution in [0.5, 0.6) is 5.75 Å². The van der Waals surface area contributed by atoms with Crippen molar-refractivity contribution in [2.75, 3.05) is 18.6 Å². The number of rotatable bonds is 2. The fraction of sp³-hybridized carbons (Fsp3) is 0.375. The van der Waals surface area contributed by atoms with Gasteiger partial charge in [-0.3, -0.25) is 9.59 Å². The van der Waals surface area contributed by atoms with Crippen molar-refractivity contribution in [3.8, 4) is 17.6 Å². The minimum Gasteiger partial charge on any atom is -0.495 e. The molecule has 0 bridgehead atoms. The molecule has 0 radical (unpaired) electrons. The van der Waals surface area contributed by atoms with E-state index in [2.05, 4.69) is 11.8 Å². The molecule has 1 aromatic rings. The van der Waals surface area contributed by atoms with Crippen molar-refractivity contribution in [1.29, 1.82) is 0 Å². The largest absolute Gasteiger partial charge is 0.495 e. The summed E-state index contributed by atoms with van der Waals surface area (Å²) in [6.45, 7) is 2.15. The van der Waals surface area contributed by atoms with Crippen molar-refractivity contribution in [2.24, 2.45) is 11.7 Å². The van der Waals surface area contributed by atoms with E-state index < -0.39 is 0 Å². The van der Waals surface area contributed by atoms with Crippen LogP contribution >= 0.6 is 0 Å². The van der Waals surface area contributed by atoms with Gasteiger partial charge in [0.15, 0.2) is 0 Å². The lowest BCUT2D eigenvalue weighted by Gasteiger charge is -2.29. The van der Waals surface area contributed by atoms with Crippen LogP contribution in [-0.2, 0) is 9.59 Å². The van der Waals surface area contributed by atoms with Crippen LogP contribution in [0.2, 0.25) is 0 Å². The van der Waals surface area contributed by atoms with E-state index >= 15 is 0 Å². The number of methoxy groups -OCH3 is 1. The van der Waals surface area contributed by atoms with E-state index in [1.807, 2.05) is 6.92 Å². The molecule has 1 heterocycles. The number of piperidine rings is 1. The second kappa shape index (κ2) is 6.42. The number of hydrogen-bond donors (Lipinski definition) is 1. The average molecular weight is 286 g/mol. The molecule has 2 rings (SSSR count). The Morgan fingerprint density at radius 1 is 1.33 bits per heavy atom. The van der Waals surface area contributed by atoms with Gasteiger partial charge in [0, 0.05) is 18.4 Å². The Hall–Kier alpha value is -2.32. The Bertz CT molecular complexity index is 610. The van der Waals surface area contributed by atoms with Crippen molar-refractivity contribution in [1.82, 2.24) is 0 Å². The number of amides is 2. The normalized spacial score (nSPS) is 15.7. The molecule has 2 N–H and O–H groups in total. The number of carbonyl (C=O) groups is 2. The van der Waals surface area contributed by atoms with Gasteiger partial charge in [-0.05, 0) is 24.1 Å². The van der Waals surface area contributed by atoms with Crippen LogP contribution in [0.1, 0.15) is 25.3 Å². The number of nitrogens with zero attached hydrogens (tertiary/aromatic N) is 1. The maximum absolute atomic E-state index is 12.2. The Morgan fingerprint density at radius 3 is 2.57 bits per heavy atom. The zero-order valence-electron chi connectivity index (χ0n) is 12.2. The van der Waals surface area contributed by atoms with Gasteiger partial charge < -0.3 is 10.5 Å². The van der Waals surface area contributed by atoms with Crippen LogP contribution in [0, 0.1) is 17.8 Å². The molecular formula is C16H18N2O3. The Labute approximate surface area is 124 Å². The van der Waals surface area contributed by atoms with Crippen LogP contribution in [0.25, 0.3) is 0 Å². The zero-order chi connectivity index (χ0) is 15.4. The summed E-state index contributed by atoms with van der Waals surface area (Å²) in [6.07, 6.45) is 0.710. The standard InChI is InChI=1S/C16H18N2O3/c1-11-8-15(19)18(16(20)9-11)13-10-12(4-3-7-17)5-6-14(13)21-2/h5-6,10-11H,7-9,17H2,1-2H3. The number of anilines is 1. The van der Waals surface area contributed by atoms with Gasteiger partial charge in [0.2, 0.25) is 11.8 Å². The van der Waals surface area contributed by atoms with Crippen LogP contribution in [0.4, 0.5) is 5.69 Å². The first-order valence-corrected chi connectivity index (χ1v) is 6.79. The van der Waals surface area contributed by atoms with E-state index in [1.165, 1.54) is 12.0 Å². The molecule has 1 fully saturated rings. The Kier molecular flexibility index (Phi) is 4.61. The summed E-state index contributed by atoms with van der Waals surface area (Å²) in [5, 5.41) is 0. The maximum atomic E-state index is 12.2. The maximum Gasteiger partial charge on any atom is 0.234 e. The smallest absolute Gasteiger partial charge is 0.234 e. The van der Waals surface area contributed by atoms with Gasteiger partial charge in [0.05, 0.1) is 19.3 Å². The van der Waals surface area contributed by atoms with Crippen molar-refractivity contribution in [2.45, 2.75) is 19.8 Å². The third-order valence-corrected chi connectivity index (χ3v) is 3.30. The lowest BCUT2D eigenvalue weighted by Crippen LogP contribution is -2.43. The number of imide groups is 1. The minimum atomic E-state index is -0.207. The van der Waals surface area contributed by atoms with E-state index in [1.54, 1.807) is 18.2 Å². The first-order valence-electron chi connectivity index (χ1n) is 6.79. The molecule has 1 aliphatic heterocycles. The average Bonchev–Trinajstić information content (AvgIpc) is 2.44. The molecule has 0 aromatic heterocycles. The van der Waals surface area contributed by atoms with Gasteiger partial charge in [-0.15, -0.1) is 0 Å². The SMILES string of the molecule is COc1ccc(C#CCN)cc1N1C(=O)CC(C)CC1=O. The van der Waals surface area contributed by atoms with E-state index in [0.29, 0.717) is 29.8 Å². The van der Waals surface area contributed by atoms with Gasteiger partial charge in [-0.2, -0.15) is 0 Å². The lowest BCUT2D eigenvalue weighted by atomic mass is 9.97. The molecule has 0 saturated carbocycles. The fourth-order valence-electron chi connectivity index (χ4n) is 2.35.